The van der Waals surface area contributed by atoms with Gasteiger partial charge in [0.1, 0.15) is 11.9 Å². The van der Waals surface area contributed by atoms with Gasteiger partial charge < -0.3 is 0 Å². The molecule has 1 aliphatic heterocycles. The zero-order valence-corrected chi connectivity index (χ0v) is 12.8. The Labute approximate surface area is 118 Å². The zero-order valence-electron chi connectivity index (χ0n) is 10.5. The van der Waals surface area contributed by atoms with Crippen LogP contribution in [0.5, 0.6) is 0 Å². The molecular weight excluding hydrogens is 277 g/mol. The number of rotatable bonds is 7. The molecule has 0 bridgehead atoms. The summed E-state index contributed by atoms with van der Waals surface area (Å²) in [7, 11) is 1.89. The van der Waals surface area contributed by atoms with Crippen LogP contribution < -0.4 is 0 Å². The number of hydrogen-bond acceptors (Lipinski definition) is 2. The molecular formula is C12H20Cl2NOS+. The van der Waals surface area contributed by atoms with Gasteiger partial charge in [-0.3, -0.25) is 0 Å². The van der Waals surface area contributed by atoms with Gasteiger partial charge >= 0.3 is 5.91 Å². The number of halogens is 2. The Morgan fingerprint density at radius 2 is 1.71 bits per heavy atom. The highest BCUT2D eigenvalue weighted by Gasteiger charge is 2.45. The minimum absolute atomic E-state index is 0.0600. The van der Waals surface area contributed by atoms with Crippen molar-refractivity contribution in [3.8, 4) is 0 Å². The highest BCUT2D eigenvalue weighted by atomic mass is 35.5. The zero-order chi connectivity index (χ0) is 12.9. The Hall–Kier alpha value is 0.300. The molecule has 98 valence electrons. The van der Waals surface area contributed by atoms with Gasteiger partial charge in [0.25, 0.3) is 0 Å². The molecule has 0 saturated carbocycles. The van der Waals surface area contributed by atoms with Crippen LogP contribution in [0.25, 0.3) is 0 Å². The number of carbonyl (C=O) groups excluding carboxylic acids is 1. The molecule has 1 heterocycles. The summed E-state index contributed by atoms with van der Waals surface area (Å²) >= 11 is 13.1. The highest BCUT2D eigenvalue weighted by molar-refractivity contribution is 8.00. The largest absolute Gasteiger partial charge is 0.371 e. The lowest BCUT2D eigenvalue weighted by atomic mass is 10.1. The monoisotopic (exact) mass is 296 g/mol. The fraction of sp³-hybridized carbons (Fsp3) is 0.750. The first-order chi connectivity index (χ1) is 8.01. The third kappa shape index (κ3) is 4.16. The molecule has 1 amide bonds. The van der Waals surface area contributed by atoms with Gasteiger partial charge in [-0.15, -0.1) is 0 Å². The second-order valence-corrected chi connectivity index (χ2v) is 6.95. The molecule has 0 aliphatic carbocycles. The van der Waals surface area contributed by atoms with Gasteiger partial charge in [-0.2, -0.15) is 3.89 Å². The Bertz CT molecular complexity index is 320. The lowest BCUT2D eigenvalue weighted by molar-refractivity contribution is -0.688. The second-order valence-electron chi connectivity index (χ2n) is 4.58. The van der Waals surface area contributed by atoms with Crippen molar-refractivity contribution in [2.45, 2.75) is 45.4 Å². The van der Waals surface area contributed by atoms with Crippen molar-refractivity contribution in [2.24, 2.45) is 0 Å². The summed E-state index contributed by atoms with van der Waals surface area (Å²) in [5, 5.41) is 0.199. The van der Waals surface area contributed by atoms with Crippen molar-refractivity contribution in [2.75, 3.05) is 13.6 Å². The third-order valence-corrected chi connectivity index (χ3v) is 5.08. The predicted molar refractivity (Wildman–Crippen MR) is 75.8 cm³/mol. The number of nitrogens with zero attached hydrogens (tertiary/aromatic N) is 1. The average molecular weight is 297 g/mol. The quantitative estimate of drug-likeness (QED) is 0.387. The molecule has 0 aromatic heterocycles. The van der Waals surface area contributed by atoms with Crippen LogP contribution in [0.15, 0.2) is 9.40 Å². The van der Waals surface area contributed by atoms with Crippen molar-refractivity contribution in [1.82, 2.24) is 0 Å². The van der Waals surface area contributed by atoms with E-state index < -0.39 is 0 Å². The Balaban J connectivity index is 2.26. The predicted octanol–water partition coefficient (Wildman–Crippen LogP) is 4.63. The Morgan fingerprint density at radius 3 is 2.24 bits per heavy atom. The van der Waals surface area contributed by atoms with Gasteiger partial charge in [0.2, 0.25) is 0 Å². The third-order valence-electron chi connectivity index (χ3n) is 3.01. The van der Waals surface area contributed by atoms with E-state index in [0.717, 1.165) is 13.0 Å². The van der Waals surface area contributed by atoms with Crippen molar-refractivity contribution < 1.29 is 8.68 Å². The summed E-state index contributed by atoms with van der Waals surface area (Å²) in [6.45, 7) is 3.02. The summed E-state index contributed by atoms with van der Waals surface area (Å²) in [6, 6.07) is 0. The lowest BCUT2D eigenvalue weighted by Gasteiger charge is -2.23. The highest BCUT2D eigenvalue weighted by Crippen LogP contribution is 2.43. The summed E-state index contributed by atoms with van der Waals surface area (Å²) in [5.41, 5.74) is 0. The van der Waals surface area contributed by atoms with Crippen LogP contribution in [0.2, 0.25) is 0 Å². The van der Waals surface area contributed by atoms with Gasteiger partial charge in [-0.05, 0) is 12.8 Å². The smallest absolute Gasteiger partial charge is 0.223 e. The summed E-state index contributed by atoms with van der Waals surface area (Å²) in [5.74, 6) is -0.0600. The lowest BCUT2D eigenvalue weighted by Crippen LogP contribution is -2.40. The van der Waals surface area contributed by atoms with E-state index in [9.17, 15) is 4.79 Å². The normalized spacial score (nSPS) is 24.8. The standard InChI is InChI=1S/C12H20Cl2NOS/c1-3-4-5-6-7-8-9-15(2)12(16)10(13)11(14)17-15/h3-9H2,1-2H3/q+1. The second kappa shape index (κ2) is 7.03. The van der Waals surface area contributed by atoms with Crippen LogP contribution in [0.1, 0.15) is 45.4 Å². The van der Waals surface area contributed by atoms with E-state index in [4.69, 9.17) is 23.2 Å². The molecule has 0 aromatic rings. The number of amides is 1. The first-order valence-corrected chi connectivity index (χ1v) is 7.69. The minimum atomic E-state index is -0.0600. The molecule has 1 rings (SSSR count). The van der Waals surface area contributed by atoms with Gasteiger partial charge in [-0.1, -0.05) is 55.8 Å². The minimum Gasteiger partial charge on any atom is -0.223 e. The van der Waals surface area contributed by atoms with E-state index in [1.54, 1.807) is 0 Å². The van der Waals surface area contributed by atoms with E-state index in [1.807, 2.05) is 7.05 Å². The van der Waals surface area contributed by atoms with Crippen LogP contribution in [0.4, 0.5) is 0 Å². The number of carbonyl (C=O) groups is 1. The summed E-state index contributed by atoms with van der Waals surface area (Å²) in [4.78, 5) is 11.9. The van der Waals surface area contributed by atoms with Crippen LogP contribution in [0.3, 0.4) is 0 Å². The van der Waals surface area contributed by atoms with Gasteiger partial charge in [0.05, 0.1) is 13.6 Å². The van der Waals surface area contributed by atoms with Crippen molar-refractivity contribution >= 4 is 41.1 Å². The Kier molecular flexibility index (Phi) is 6.35. The van der Waals surface area contributed by atoms with Crippen molar-refractivity contribution in [3.05, 3.63) is 9.40 Å². The maximum atomic E-state index is 11.9. The molecule has 1 atom stereocenters. The molecule has 5 heteroatoms. The number of unbranched alkanes of at least 4 members (excludes halogenated alkanes) is 5. The van der Waals surface area contributed by atoms with Crippen molar-refractivity contribution in [3.63, 3.8) is 0 Å². The van der Waals surface area contributed by atoms with E-state index in [0.29, 0.717) is 4.36 Å². The maximum Gasteiger partial charge on any atom is 0.371 e. The maximum absolute atomic E-state index is 11.9. The van der Waals surface area contributed by atoms with Crippen LogP contribution in [-0.2, 0) is 4.79 Å². The number of likely N-dealkylation sites (N-methyl/N-ethyl adjacent to an activating group) is 1. The molecule has 0 aromatic carbocycles. The molecule has 2 nitrogen and oxygen atoms in total. The van der Waals surface area contributed by atoms with Gasteiger partial charge in [-0.25, -0.2) is 4.79 Å². The fourth-order valence-electron chi connectivity index (χ4n) is 1.89. The first-order valence-electron chi connectivity index (χ1n) is 6.16. The number of quaternary nitrogens is 1. The molecule has 0 N–H and O–H groups in total. The van der Waals surface area contributed by atoms with Crippen LogP contribution >= 0.6 is 35.1 Å². The molecule has 0 radical (unpaired) electrons. The van der Waals surface area contributed by atoms with Gasteiger partial charge in [0, 0.05) is 0 Å². The van der Waals surface area contributed by atoms with E-state index in [1.165, 1.54) is 44.1 Å². The molecule has 0 saturated heterocycles. The summed E-state index contributed by atoms with van der Waals surface area (Å²) in [6.07, 6.45) is 7.34. The van der Waals surface area contributed by atoms with Crippen molar-refractivity contribution in [1.29, 1.82) is 0 Å². The molecule has 1 aliphatic rings. The van der Waals surface area contributed by atoms with Crippen LogP contribution in [-0.4, -0.2) is 23.4 Å². The average Bonchev–Trinajstić information content (AvgIpc) is 2.48. The molecule has 0 spiro atoms. The molecule has 0 fully saturated rings. The first kappa shape index (κ1) is 15.4. The molecule has 17 heavy (non-hydrogen) atoms. The Morgan fingerprint density at radius 1 is 1.12 bits per heavy atom. The fourth-order valence-corrected chi connectivity index (χ4v) is 3.68. The topological polar surface area (TPSA) is 17.1 Å². The SMILES string of the molecule is CCCCCCCC[N+]1(C)SC(Cl)=C(Cl)C1=O. The molecule has 1 unspecified atom stereocenters. The van der Waals surface area contributed by atoms with Gasteiger partial charge in [0.15, 0.2) is 9.40 Å². The van der Waals surface area contributed by atoms with E-state index in [-0.39, 0.29) is 14.8 Å². The number of hydrogen-bond donors (Lipinski definition) is 0. The summed E-state index contributed by atoms with van der Waals surface area (Å²) < 4.78 is 0.705. The van der Waals surface area contributed by atoms with E-state index >= 15 is 0 Å². The van der Waals surface area contributed by atoms with E-state index in [2.05, 4.69) is 6.92 Å². The van der Waals surface area contributed by atoms with Crippen LogP contribution in [0, 0.1) is 0 Å².